The van der Waals surface area contributed by atoms with Gasteiger partial charge in [-0.3, -0.25) is 0 Å². The van der Waals surface area contributed by atoms with Crippen molar-refractivity contribution in [3.63, 3.8) is 0 Å². The van der Waals surface area contributed by atoms with Gasteiger partial charge in [0.05, 0.1) is 23.3 Å². The number of nitrogen functional groups attached to an aromatic ring is 1. The Morgan fingerprint density at radius 3 is 2.59 bits per heavy atom. The Hall–Kier alpha value is -2.38. The highest BCUT2D eigenvalue weighted by Gasteiger charge is 2.15. The SMILES string of the molecule is C=Cc1nc(-c2nc(C3=CCNCC3)cnc2N)[nH]c1/C=C\C.CC.CS. The molecule has 0 amide bonds. The zero-order valence-corrected chi connectivity index (χ0v) is 17.5. The molecule has 0 fully saturated rings. The summed E-state index contributed by atoms with van der Waals surface area (Å²) in [5.41, 5.74) is 10.3. The maximum atomic E-state index is 6.02. The first-order valence-corrected chi connectivity index (χ1v) is 9.95. The van der Waals surface area contributed by atoms with Crippen molar-refractivity contribution in [3.05, 3.63) is 42.0 Å². The van der Waals surface area contributed by atoms with E-state index in [1.165, 1.54) is 5.57 Å². The fourth-order valence-corrected chi connectivity index (χ4v) is 2.54. The van der Waals surface area contributed by atoms with Gasteiger partial charge in [-0.25, -0.2) is 15.0 Å². The molecule has 0 atom stereocenters. The minimum atomic E-state index is 0.361. The molecule has 2 aromatic rings. The van der Waals surface area contributed by atoms with Gasteiger partial charge in [-0.1, -0.05) is 32.6 Å². The topological polar surface area (TPSA) is 92.5 Å². The zero-order valence-electron chi connectivity index (χ0n) is 16.6. The van der Waals surface area contributed by atoms with Gasteiger partial charge in [-0.2, -0.15) is 12.6 Å². The largest absolute Gasteiger partial charge is 0.382 e. The molecule has 0 aliphatic carbocycles. The van der Waals surface area contributed by atoms with Crippen molar-refractivity contribution in [2.45, 2.75) is 27.2 Å². The first-order chi connectivity index (χ1) is 13.2. The standard InChI is InChI=1S/C17H20N6.C2H6.CH4S/c1-3-5-13-12(4-2)22-17(23-13)15-16(18)20-10-14(21-15)11-6-8-19-9-7-11;2*1-2/h3-6,10,19H,2,7-9H2,1H3,(H2,18,20)(H,22,23);1-2H3;2H,1H3/b5-3-;;. The summed E-state index contributed by atoms with van der Waals surface area (Å²) in [6.45, 7) is 11.5. The molecule has 2 aromatic heterocycles. The highest BCUT2D eigenvalue weighted by Crippen LogP contribution is 2.25. The average molecular weight is 387 g/mol. The number of allylic oxidation sites excluding steroid dienone is 1. The van der Waals surface area contributed by atoms with Crippen LogP contribution in [-0.2, 0) is 0 Å². The molecule has 0 unspecified atom stereocenters. The lowest BCUT2D eigenvalue weighted by molar-refractivity contribution is 0.736. The number of thiol groups is 1. The molecule has 0 saturated heterocycles. The van der Waals surface area contributed by atoms with Crippen LogP contribution < -0.4 is 11.1 Å². The molecule has 6 nitrogen and oxygen atoms in total. The van der Waals surface area contributed by atoms with Gasteiger partial charge in [0.25, 0.3) is 0 Å². The van der Waals surface area contributed by atoms with Gasteiger partial charge >= 0.3 is 0 Å². The third-order valence-electron chi connectivity index (χ3n) is 3.71. The molecular weight excluding hydrogens is 356 g/mol. The number of nitrogens with one attached hydrogen (secondary N) is 2. The van der Waals surface area contributed by atoms with Crippen LogP contribution in [0.3, 0.4) is 0 Å². The smallest absolute Gasteiger partial charge is 0.161 e. The Labute approximate surface area is 167 Å². The van der Waals surface area contributed by atoms with Crippen LogP contribution in [0.15, 0.2) is 24.9 Å². The quantitative estimate of drug-likeness (QED) is 0.594. The average Bonchev–Trinajstić information content (AvgIpc) is 3.15. The lowest BCUT2D eigenvalue weighted by Crippen LogP contribution is -2.20. The molecule has 0 saturated carbocycles. The number of imidazole rings is 1. The highest BCUT2D eigenvalue weighted by atomic mass is 32.1. The predicted octanol–water partition coefficient (Wildman–Crippen LogP) is 4.07. The van der Waals surface area contributed by atoms with Crippen molar-refractivity contribution < 1.29 is 0 Å². The minimum Gasteiger partial charge on any atom is -0.382 e. The van der Waals surface area contributed by atoms with Crippen molar-refractivity contribution in [1.29, 1.82) is 0 Å². The summed E-state index contributed by atoms with van der Waals surface area (Å²) in [5.74, 6) is 0.967. The maximum absolute atomic E-state index is 6.02. The first-order valence-electron chi connectivity index (χ1n) is 9.05. The summed E-state index contributed by atoms with van der Waals surface area (Å²) in [5, 5.41) is 3.29. The van der Waals surface area contributed by atoms with Crippen LogP contribution in [0.25, 0.3) is 29.2 Å². The number of anilines is 1. The number of H-pyrrole nitrogens is 1. The van der Waals surface area contributed by atoms with Crippen molar-refractivity contribution in [3.8, 4) is 11.5 Å². The van der Waals surface area contributed by atoms with Gasteiger partial charge in [-0.05, 0) is 43.9 Å². The molecule has 7 heteroatoms. The Morgan fingerprint density at radius 1 is 1.26 bits per heavy atom. The van der Waals surface area contributed by atoms with E-state index in [9.17, 15) is 0 Å². The fourth-order valence-electron chi connectivity index (χ4n) is 2.54. The van der Waals surface area contributed by atoms with Gasteiger partial charge in [-0.15, -0.1) is 0 Å². The van der Waals surface area contributed by atoms with Crippen molar-refractivity contribution in [1.82, 2.24) is 25.3 Å². The van der Waals surface area contributed by atoms with E-state index in [1.54, 1.807) is 18.5 Å². The third-order valence-corrected chi connectivity index (χ3v) is 3.71. The van der Waals surface area contributed by atoms with Crippen molar-refractivity contribution >= 4 is 36.2 Å². The second kappa shape index (κ2) is 12.1. The number of nitrogens with zero attached hydrogens (tertiary/aromatic N) is 3. The molecule has 0 radical (unpaired) electrons. The van der Waals surface area contributed by atoms with Crippen LogP contribution in [0.1, 0.15) is 44.3 Å². The zero-order chi connectivity index (χ0) is 20.2. The van der Waals surface area contributed by atoms with E-state index < -0.39 is 0 Å². The Kier molecular flexibility index (Phi) is 10.1. The van der Waals surface area contributed by atoms with Crippen molar-refractivity contribution in [2.24, 2.45) is 0 Å². The van der Waals surface area contributed by atoms with E-state index in [0.717, 1.165) is 36.6 Å². The summed E-state index contributed by atoms with van der Waals surface area (Å²) >= 11 is 3.53. The van der Waals surface area contributed by atoms with Crippen LogP contribution in [0.5, 0.6) is 0 Å². The van der Waals surface area contributed by atoms with E-state index in [2.05, 4.69) is 50.5 Å². The van der Waals surface area contributed by atoms with E-state index in [0.29, 0.717) is 17.3 Å². The van der Waals surface area contributed by atoms with Crippen LogP contribution in [-0.4, -0.2) is 39.3 Å². The maximum Gasteiger partial charge on any atom is 0.161 e. The molecular formula is C20H30N6S. The molecule has 0 spiro atoms. The lowest BCUT2D eigenvalue weighted by Gasteiger charge is -2.14. The number of nitrogens with two attached hydrogens (primary N) is 1. The summed E-state index contributed by atoms with van der Waals surface area (Å²) in [6.07, 6.45) is 12.1. The van der Waals surface area contributed by atoms with Crippen LogP contribution in [0, 0.1) is 0 Å². The Balaban J connectivity index is 0.000000855. The summed E-state index contributed by atoms with van der Waals surface area (Å²) < 4.78 is 0. The van der Waals surface area contributed by atoms with Gasteiger partial charge in [0.2, 0.25) is 0 Å². The van der Waals surface area contributed by atoms with Crippen LogP contribution >= 0.6 is 12.6 Å². The normalized spacial score (nSPS) is 13.1. The lowest BCUT2D eigenvalue weighted by atomic mass is 10.1. The van der Waals surface area contributed by atoms with E-state index in [-0.39, 0.29) is 0 Å². The fraction of sp³-hybridized carbons (Fsp3) is 0.350. The summed E-state index contributed by atoms with van der Waals surface area (Å²) in [4.78, 5) is 16.7. The first kappa shape index (κ1) is 22.7. The van der Waals surface area contributed by atoms with E-state index >= 15 is 0 Å². The molecule has 27 heavy (non-hydrogen) atoms. The number of hydrogen-bond acceptors (Lipinski definition) is 6. The molecule has 3 rings (SSSR count). The van der Waals surface area contributed by atoms with E-state index in [1.807, 2.05) is 32.9 Å². The third kappa shape index (κ3) is 5.80. The Morgan fingerprint density at radius 2 is 2.00 bits per heavy atom. The molecule has 4 N–H and O–H groups in total. The van der Waals surface area contributed by atoms with E-state index in [4.69, 9.17) is 5.73 Å². The monoisotopic (exact) mass is 386 g/mol. The summed E-state index contributed by atoms with van der Waals surface area (Å²) in [7, 11) is 0. The molecule has 3 heterocycles. The number of aromatic nitrogens is 4. The Bertz CT molecular complexity index is 792. The molecule has 1 aliphatic rings. The number of hydrogen-bond donors (Lipinski definition) is 4. The second-order valence-corrected chi connectivity index (χ2v) is 5.26. The van der Waals surface area contributed by atoms with Crippen LogP contribution in [0.4, 0.5) is 5.82 Å². The second-order valence-electron chi connectivity index (χ2n) is 5.26. The number of aromatic amines is 1. The van der Waals surface area contributed by atoms with Gasteiger partial charge in [0.15, 0.2) is 11.6 Å². The minimum absolute atomic E-state index is 0.361. The molecule has 0 bridgehead atoms. The highest BCUT2D eigenvalue weighted by molar-refractivity contribution is 7.79. The molecule has 0 aromatic carbocycles. The van der Waals surface area contributed by atoms with Gasteiger partial charge in [0.1, 0.15) is 5.69 Å². The number of rotatable bonds is 4. The predicted molar refractivity (Wildman–Crippen MR) is 121 cm³/mol. The van der Waals surface area contributed by atoms with Crippen LogP contribution in [0.2, 0.25) is 0 Å². The van der Waals surface area contributed by atoms with Gasteiger partial charge in [0, 0.05) is 6.54 Å². The van der Waals surface area contributed by atoms with Gasteiger partial charge < -0.3 is 16.0 Å². The molecule has 1 aliphatic heterocycles. The van der Waals surface area contributed by atoms with Crippen molar-refractivity contribution in [2.75, 3.05) is 25.1 Å². The summed E-state index contributed by atoms with van der Waals surface area (Å²) in [6, 6.07) is 0. The molecule has 146 valence electrons.